The smallest absolute Gasteiger partial charge is 0.358 e. The number of methoxy groups -OCH3 is 1. The first-order valence-corrected chi connectivity index (χ1v) is 8.63. The molecular formula is C11H17N3O4S2. The highest BCUT2D eigenvalue weighted by atomic mass is 32.2. The van der Waals surface area contributed by atoms with E-state index in [4.69, 9.17) is 0 Å². The molecule has 20 heavy (non-hydrogen) atoms. The van der Waals surface area contributed by atoms with Gasteiger partial charge in [0.2, 0.25) is 0 Å². The van der Waals surface area contributed by atoms with Crippen LogP contribution < -0.4 is 10.0 Å². The fourth-order valence-corrected chi connectivity index (χ4v) is 4.30. The van der Waals surface area contributed by atoms with E-state index in [1.165, 1.54) is 12.6 Å². The van der Waals surface area contributed by atoms with E-state index in [-0.39, 0.29) is 9.90 Å². The number of ether oxygens (including phenoxy) is 1. The Hall–Kier alpha value is -1.03. The average molecular weight is 319 g/mol. The molecule has 1 saturated heterocycles. The van der Waals surface area contributed by atoms with Crippen LogP contribution in [0.5, 0.6) is 0 Å². The third-order valence-corrected chi connectivity index (χ3v) is 6.00. The van der Waals surface area contributed by atoms with Crippen LogP contribution in [0.4, 0.5) is 0 Å². The van der Waals surface area contributed by atoms with Gasteiger partial charge in [-0.05, 0) is 31.8 Å². The monoisotopic (exact) mass is 319 g/mol. The normalized spacial score (nSPS) is 19.1. The van der Waals surface area contributed by atoms with E-state index < -0.39 is 16.0 Å². The van der Waals surface area contributed by atoms with E-state index in [1.54, 1.807) is 0 Å². The van der Waals surface area contributed by atoms with Gasteiger partial charge in [-0.2, -0.15) is 0 Å². The Kier molecular flexibility index (Phi) is 5.08. The Balaban J connectivity index is 1.99. The van der Waals surface area contributed by atoms with Gasteiger partial charge in [0.1, 0.15) is 0 Å². The lowest BCUT2D eigenvalue weighted by Crippen LogP contribution is -2.27. The minimum Gasteiger partial charge on any atom is -0.464 e. The fraction of sp³-hybridized carbons (Fsp3) is 0.636. The summed E-state index contributed by atoms with van der Waals surface area (Å²) in [5, 5.41) is 3.23. The Morgan fingerprint density at radius 2 is 2.45 bits per heavy atom. The van der Waals surface area contributed by atoms with E-state index in [0.717, 1.165) is 37.3 Å². The molecule has 2 N–H and O–H groups in total. The number of aromatic nitrogens is 1. The molecular weight excluding hydrogens is 302 g/mol. The number of rotatable bonds is 6. The van der Waals surface area contributed by atoms with Gasteiger partial charge in [0.05, 0.1) is 12.6 Å². The van der Waals surface area contributed by atoms with Gasteiger partial charge in [-0.15, -0.1) is 11.3 Å². The Morgan fingerprint density at radius 3 is 3.10 bits per heavy atom. The van der Waals surface area contributed by atoms with Crippen molar-refractivity contribution in [2.45, 2.75) is 17.1 Å². The van der Waals surface area contributed by atoms with E-state index >= 15 is 0 Å². The highest BCUT2D eigenvalue weighted by Crippen LogP contribution is 2.21. The third kappa shape index (κ3) is 3.54. The van der Waals surface area contributed by atoms with Gasteiger partial charge in [0.15, 0.2) is 9.90 Å². The summed E-state index contributed by atoms with van der Waals surface area (Å²) >= 11 is 0.908. The summed E-state index contributed by atoms with van der Waals surface area (Å²) in [6, 6.07) is 0. The highest BCUT2D eigenvalue weighted by Gasteiger charge is 2.26. The highest BCUT2D eigenvalue weighted by molar-refractivity contribution is 7.91. The van der Waals surface area contributed by atoms with Gasteiger partial charge < -0.3 is 10.1 Å². The summed E-state index contributed by atoms with van der Waals surface area (Å²) in [6.45, 7) is 2.27. The Morgan fingerprint density at radius 1 is 1.65 bits per heavy atom. The van der Waals surface area contributed by atoms with Crippen molar-refractivity contribution >= 4 is 27.3 Å². The van der Waals surface area contributed by atoms with Gasteiger partial charge in [-0.25, -0.2) is 22.9 Å². The van der Waals surface area contributed by atoms with E-state index in [1.807, 2.05) is 0 Å². The molecule has 1 atom stereocenters. The molecule has 2 heterocycles. The zero-order valence-corrected chi connectivity index (χ0v) is 12.7. The lowest BCUT2D eigenvalue weighted by molar-refractivity contribution is 0.0590. The molecule has 1 aliphatic rings. The number of carbonyl (C=O) groups is 1. The van der Waals surface area contributed by atoms with Crippen LogP contribution in [0.2, 0.25) is 0 Å². The molecule has 112 valence electrons. The molecule has 0 aromatic carbocycles. The largest absolute Gasteiger partial charge is 0.464 e. The van der Waals surface area contributed by atoms with Crippen molar-refractivity contribution in [2.24, 2.45) is 5.92 Å². The zero-order valence-electron chi connectivity index (χ0n) is 11.1. The van der Waals surface area contributed by atoms with Crippen LogP contribution >= 0.6 is 11.3 Å². The molecule has 1 aromatic heterocycles. The first-order valence-electron chi connectivity index (χ1n) is 6.27. The fourth-order valence-electron chi connectivity index (χ4n) is 2.08. The standard InChI is InChI=1S/C11H17N3O4S2/c1-18-10(15)9-11(19-7-13-9)20(16,17)14-5-3-8-2-4-12-6-8/h7-8,12,14H,2-6H2,1H3. The van der Waals surface area contributed by atoms with Gasteiger partial charge in [0.25, 0.3) is 10.0 Å². The number of hydrogen-bond acceptors (Lipinski definition) is 7. The van der Waals surface area contributed by atoms with Crippen molar-refractivity contribution in [3.05, 3.63) is 11.2 Å². The second-order valence-electron chi connectivity index (χ2n) is 4.53. The molecule has 0 bridgehead atoms. The minimum absolute atomic E-state index is 0.0890. The average Bonchev–Trinajstić information content (AvgIpc) is 3.08. The molecule has 7 nitrogen and oxygen atoms in total. The first kappa shape index (κ1) is 15.4. The Labute approximate surface area is 121 Å². The lowest BCUT2D eigenvalue weighted by Gasteiger charge is -2.09. The molecule has 0 radical (unpaired) electrons. The topological polar surface area (TPSA) is 97.4 Å². The molecule has 0 amide bonds. The Bertz CT molecular complexity index is 564. The maximum absolute atomic E-state index is 12.1. The third-order valence-electron chi connectivity index (χ3n) is 3.16. The van der Waals surface area contributed by atoms with Crippen LogP contribution in [0, 0.1) is 5.92 Å². The van der Waals surface area contributed by atoms with Gasteiger partial charge in [-0.1, -0.05) is 0 Å². The van der Waals surface area contributed by atoms with Crippen LogP contribution in [0.25, 0.3) is 0 Å². The van der Waals surface area contributed by atoms with Crippen molar-refractivity contribution in [3.8, 4) is 0 Å². The number of sulfonamides is 1. The maximum atomic E-state index is 12.1. The van der Waals surface area contributed by atoms with Gasteiger partial charge in [-0.3, -0.25) is 0 Å². The molecule has 1 fully saturated rings. The van der Waals surface area contributed by atoms with Crippen LogP contribution in [0.3, 0.4) is 0 Å². The van der Waals surface area contributed by atoms with E-state index in [2.05, 4.69) is 19.8 Å². The molecule has 9 heteroatoms. The van der Waals surface area contributed by atoms with Gasteiger partial charge in [0, 0.05) is 6.54 Å². The van der Waals surface area contributed by atoms with Crippen molar-refractivity contribution in [1.82, 2.24) is 15.0 Å². The van der Waals surface area contributed by atoms with E-state index in [9.17, 15) is 13.2 Å². The second kappa shape index (κ2) is 6.61. The summed E-state index contributed by atoms with van der Waals surface area (Å²) in [5.74, 6) is -0.245. The molecule has 2 rings (SSSR count). The number of thiazole rings is 1. The molecule has 0 aliphatic carbocycles. The predicted molar refractivity (Wildman–Crippen MR) is 74.2 cm³/mol. The van der Waals surface area contributed by atoms with Gasteiger partial charge >= 0.3 is 5.97 Å². The van der Waals surface area contributed by atoms with Crippen LogP contribution in [0.1, 0.15) is 23.3 Å². The molecule has 1 aromatic rings. The van der Waals surface area contributed by atoms with Crippen molar-refractivity contribution < 1.29 is 17.9 Å². The van der Waals surface area contributed by atoms with Crippen LogP contribution in [0.15, 0.2) is 9.72 Å². The van der Waals surface area contributed by atoms with Crippen LogP contribution in [-0.2, 0) is 14.8 Å². The number of carbonyl (C=O) groups excluding carboxylic acids is 1. The lowest BCUT2D eigenvalue weighted by atomic mass is 10.1. The predicted octanol–water partition coefficient (Wildman–Crippen LogP) is 0.208. The minimum atomic E-state index is -3.71. The first-order chi connectivity index (χ1) is 9.54. The summed E-state index contributed by atoms with van der Waals surface area (Å²) in [5.41, 5.74) is 1.16. The SMILES string of the molecule is COC(=O)c1ncsc1S(=O)(=O)NCCC1CCNC1. The molecule has 0 spiro atoms. The summed E-state index contributed by atoms with van der Waals surface area (Å²) in [6.07, 6.45) is 1.84. The second-order valence-corrected chi connectivity index (χ2v) is 7.34. The quantitative estimate of drug-likeness (QED) is 0.727. The van der Waals surface area contributed by atoms with Crippen molar-refractivity contribution in [1.29, 1.82) is 0 Å². The molecule has 0 saturated carbocycles. The maximum Gasteiger partial charge on any atom is 0.358 e. The zero-order chi connectivity index (χ0) is 14.6. The number of esters is 1. The van der Waals surface area contributed by atoms with Crippen LogP contribution in [-0.4, -0.2) is 46.1 Å². The van der Waals surface area contributed by atoms with Crippen molar-refractivity contribution in [2.75, 3.05) is 26.7 Å². The molecule has 1 aliphatic heterocycles. The van der Waals surface area contributed by atoms with Crippen molar-refractivity contribution in [3.63, 3.8) is 0 Å². The molecule has 1 unspecified atom stereocenters. The number of nitrogens with zero attached hydrogens (tertiary/aromatic N) is 1. The number of hydrogen-bond donors (Lipinski definition) is 2. The summed E-state index contributed by atoms with van der Waals surface area (Å²) < 4.78 is 31.2. The van der Waals surface area contributed by atoms with E-state index in [0.29, 0.717) is 12.5 Å². The number of nitrogens with one attached hydrogen (secondary N) is 2. The summed E-state index contributed by atoms with van der Waals surface area (Å²) in [7, 11) is -2.52. The summed E-state index contributed by atoms with van der Waals surface area (Å²) in [4.78, 5) is 15.2.